The molecular formula is C17H18Br2O2. The molecule has 0 aliphatic rings. The van der Waals surface area contributed by atoms with Crippen molar-refractivity contribution in [3.8, 4) is 5.75 Å². The molecule has 0 bridgehead atoms. The van der Waals surface area contributed by atoms with Gasteiger partial charge in [-0.2, -0.15) is 0 Å². The lowest BCUT2D eigenvalue weighted by Crippen LogP contribution is -2.02. The zero-order valence-electron chi connectivity index (χ0n) is 12.1. The van der Waals surface area contributed by atoms with E-state index in [-0.39, 0.29) is 0 Å². The number of ether oxygens (including phenoxy) is 1. The number of aliphatic hydroxyl groups is 1. The molecule has 0 radical (unpaired) electrons. The summed E-state index contributed by atoms with van der Waals surface area (Å²) in [4.78, 5) is 0. The van der Waals surface area contributed by atoms with Crippen molar-refractivity contribution in [1.29, 1.82) is 0 Å². The van der Waals surface area contributed by atoms with E-state index in [9.17, 15) is 5.11 Å². The van der Waals surface area contributed by atoms with Crippen molar-refractivity contribution in [3.05, 3.63) is 62.0 Å². The van der Waals surface area contributed by atoms with E-state index in [1.807, 2.05) is 43.3 Å². The summed E-state index contributed by atoms with van der Waals surface area (Å²) in [5, 5.41) is 10.6. The molecule has 0 fully saturated rings. The third-order valence-electron chi connectivity index (χ3n) is 3.18. The second-order valence-electron chi connectivity index (χ2n) is 4.97. The molecule has 112 valence electrons. The molecule has 1 atom stereocenters. The predicted octanol–water partition coefficient (Wildman–Crippen LogP) is 5.39. The van der Waals surface area contributed by atoms with Gasteiger partial charge in [-0.15, -0.1) is 0 Å². The summed E-state index contributed by atoms with van der Waals surface area (Å²) >= 11 is 7.02. The molecule has 0 aliphatic carbocycles. The Hall–Kier alpha value is -0.840. The smallest absolute Gasteiger partial charge is 0.133 e. The standard InChI is InChI=1S/C17H18Br2O2/c1-3-8-21-16-7-5-12(10-15(16)19)17(20)13-6-4-11(2)9-14(13)18/h4-7,9-10,17,20H,3,8H2,1-2H3. The van der Waals surface area contributed by atoms with E-state index in [4.69, 9.17) is 4.74 Å². The minimum absolute atomic E-state index is 0.670. The van der Waals surface area contributed by atoms with Crippen molar-refractivity contribution in [2.24, 2.45) is 0 Å². The van der Waals surface area contributed by atoms with Gasteiger partial charge >= 0.3 is 0 Å². The monoisotopic (exact) mass is 412 g/mol. The molecular weight excluding hydrogens is 396 g/mol. The molecule has 0 saturated carbocycles. The maximum Gasteiger partial charge on any atom is 0.133 e. The minimum atomic E-state index is -0.670. The number of halogens is 2. The van der Waals surface area contributed by atoms with Gasteiger partial charge in [0.25, 0.3) is 0 Å². The molecule has 2 rings (SSSR count). The van der Waals surface area contributed by atoms with E-state index in [0.717, 1.165) is 37.8 Å². The summed E-state index contributed by atoms with van der Waals surface area (Å²) in [6, 6.07) is 11.6. The first-order valence-corrected chi connectivity index (χ1v) is 8.48. The number of hydrogen-bond acceptors (Lipinski definition) is 2. The Bertz CT molecular complexity index is 626. The van der Waals surface area contributed by atoms with Crippen molar-refractivity contribution in [1.82, 2.24) is 0 Å². The summed E-state index contributed by atoms with van der Waals surface area (Å²) < 4.78 is 7.40. The first kappa shape index (κ1) is 16.5. The quantitative estimate of drug-likeness (QED) is 0.711. The van der Waals surface area contributed by atoms with Gasteiger partial charge in [-0.3, -0.25) is 0 Å². The Labute approximate surface area is 142 Å². The molecule has 0 aliphatic heterocycles. The van der Waals surface area contributed by atoms with Crippen LogP contribution in [0.5, 0.6) is 5.75 Å². The summed E-state index contributed by atoms with van der Waals surface area (Å²) in [5.41, 5.74) is 2.84. The summed E-state index contributed by atoms with van der Waals surface area (Å²) in [7, 11) is 0. The molecule has 0 heterocycles. The van der Waals surface area contributed by atoms with Crippen LogP contribution in [-0.2, 0) is 0 Å². The molecule has 21 heavy (non-hydrogen) atoms. The Balaban J connectivity index is 2.27. The Morgan fingerprint density at radius 3 is 2.48 bits per heavy atom. The van der Waals surface area contributed by atoms with Crippen LogP contribution in [0.2, 0.25) is 0 Å². The van der Waals surface area contributed by atoms with E-state index in [2.05, 4.69) is 38.8 Å². The lowest BCUT2D eigenvalue weighted by Gasteiger charge is -2.15. The molecule has 0 spiro atoms. The maximum absolute atomic E-state index is 10.6. The van der Waals surface area contributed by atoms with Gasteiger partial charge in [-0.25, -0.2) is 0 Å². The van der Waals surface area contributed by atoms with Gasteiger partial charge in [0.2, 0.25) is 0 Å². The van der Waals surface area contributed by atoms with Crippen molar-refractivity contribution in [3.63, 3.8) is 0 Å². The molecule has 0 saturated heterocycles. The van der Waals surface area contributed by atoms with Gasteiger partial charge in [0.1, 0.15) is 11.9 Å². The summed E-state index contributed by atoms with van der Waals surface area (Å²) in [6.07, 6.45) is 0.295. The zero-order chi connectivity index (χ0) is 15.4. The number of benzene rings is 2. The largest absolute Gasteiger partial charge is 0.492 e. The van der Waals surface area contributed by atoms with Gasteiger partial charge in [-0.1, -0.05) is 41.1 Å². The van der Waals surface area contributed by atoms with Crippen LogP contribution in [0, 0.1) is 6.92 Å². The summed E-state index contributed by atoms with van der Waals surface area (Å²) in [5.74, 6) is 0.802. The fourth-order valence-electron chi connectivity index (χ4n) is 2.05. The van der Waals surface area contributed by atoms with Crippen LogP contribution < -0.4 is 4.74 Å². The molecule has 2 aromatic carbocycles. The van der Waals surface area contributed by atoms with Crippen LogP contribution in [-0.4, -0.2) is 11.7 Å². The molecule has 4 heteroatoms. The SMILES string of the molecule is CCCOc1ccc(C(O)c2ccc(C)cc2Br)cc1Br. The maximum atomic E-state index is 10.6. The van der Waals surface area contributed by atoms with Crippen LogP contribution in [0.25, 0.3) is 0 Å². The van der Waals surface area contributed by atoms with E-state index < -0.39 is 6.10 Å². The van der Waals surface area contributed by atoms with Gasteiger partial charge in [0.15, 0.2) is 0 Å². The van der Waals surface area contributed by atoms with E-state index in [1.54, 1.807) is 0 Å². The molecule has 2 nitrogen and oxygen atoms in total. The Morgan fingerprint density at radius 1 is 1.10 bits per heavy atom. The van der Waals surface area contributed by atoms with Gasteiger partial charge in [-0.05, 0) is 64.2 Å². The van der Waals surface area contributed by atoms with Gasteiger partial charge in [0, 0.05) is 4.47 Å². The van der Waals surface area contributed by atoms with Crippen molar-refractivity contribution in [2.75, 3.05) is 6.61 Å². The first-order valence-electron chi connectivity index (χ1n) is 6.89. The lowest BCUT2D eigenvalue weighted by molar-refractivity contribution is 0.219. The van der Waals surface area contributed by atoms with Gasteiger partial charge in [0.05, 0.1) is 11.1 Å². The predicted molar refractivity (Wildman–Crippen MR) is 92.9 cm³/mol. The van der Waals surface area contributed by atoms with Crippen LogP contribution in [0.15, 0.2) is 45.3 Å². The van der Waals surface area contributed by atoms with E-state index in [0.29, 0.717) is 6.61 Å². The van der Waals surface area contributed by atoms with Crippen LogP contribution in [0.1, 0.15) is 36.1 Å². The molecule has 1 N–H and O–H groups in total. The Morgan fingerprint density at radius 2 is 1.86 bits per heavy atom. The molecule has 1 unspecified atom stereocenters. The highest BCUT2D eigenvalue weighted by molar-refractivity contribution is 9.10. The Kier molecular flexibility index (Phi) is 5.85. The number of aliphatic hydroxyl groups excluding tert-OH is 1. The first-order chi connectivity index (χ1) is 10.0. The van der Waals surface area contributed by atoms with Crippen LogP contribution in [0.3, 0.4) is 0 Å². The average molecular weight is 414 g/mol. The topological polar surface area (TPSA) is 29.5 Å². The number of hydrogen-bond donors (Lipinski definition) is 1. The van der Waals surface area contributed by atoms with Crippen molar-refractivity contribution in [2.45, 2.75) is 26.4 Å². The highest BCUT2D eigenvalue weighted by Crippen LogP contribution is 2.33. The highest BCUT2D eigenvalue weighted by Gasteiger charge is 2.15. The summed E-state index contributed by atoms with van der Waals surface area (Å²) in [6.45, 7) is 4.78. The fraction of sp³-hybridized carbons (Fsp3) is 0.294. The minimum Gasteiger partial charge on any atom is -0.492 e. The molecule has 0 aromatic heterocycles. The van der Waals surface area contributed by atoms with E-state index in [1.165, 1.54) is 0 Å². The second-order valence-corrected chi connectivity index (χ2v) is 6.67. The third-order valence-corrected chi connectivity index (χ3v) is 4.49. The number of aryl methyl sites for hydroxylation is 1. The average Bonchev–Trinajstić information content (AvgIpc) is 2.45. The highest BCUT2D eigenvalue weighted by atomic mass is 79.9. The van der Waals surface area contributed by atoms with Gasteiger partial charge < -0.3 is 9.84 Å². The molecule has 2 aromatic rings. The lowest BCUT2D eigenvalue weighted by atomic mass is 10.0. The van der Waals surface area contributed by atoms with E-state index >= 15 is 0 Å². The number of rotatable bonds is 5. The zero-order valence-corrected chi connectivity index (χ0v) is 15.2. The van der Waals surface area contributed by atoms with Crippen molar-refractivity contribution >= 4 is 31.9 Å². The van der Waals surface area contributed by atoms with Crippen LogP contribution in [0.4, 0.5) is 0 Å². The van der Waals surface area contributed by atoms with Crippen molar-refractivity contribution < 1.29 is 9.84 Å². The molecule has 0 amide bonds. The third kappa shape index (κ3) is 4.09. The second kappa shape index (κ2) is 7.43. The normalized spacial score (nSPS) is 12.2. The fourth-order valence-corrected chi connectivity index (χ4v) is 3.27. The van der Waals surface area contributed by atoms with Crippen LogP contribution >= 0.6 is 31.9 Å².